The van der Waals surface area contributed by atoms with Crippen LogP contribution in [0.1, 0.15) is 6.42 Å². The topological polar surface area (TPSA) is 29.3 Å². The molecule has 2 unspecified atom stereocenters. The third-order valence-electron chi connectivity index (χ3n) is 1.81. The average molecular weight is 168 g/mol. The summed E-state index contributed by atoms with van der Waals surface area (Å²) in [5, 5.41) is 0. The molecular formula is C6H11F3N2. The molecule has 0 aromatic carbocycles. The Kier molecular flexibility index (Phi) is 2.72. The molecule has 0 saturated carbocycles. The van der Waals surface area contributed by atoms with Crippen LogP contribution in [0.2, 0.25) is 0 Å². The Morgan fingerprint density at radius 3 is 2.36 bits per heavy atom. The molecule has 0 amide bonds. The fourth-order valence-corrected chi connectivity index (χ4v) is 1.20. The third-order valence-corrected chi connectivity index (χ3v) is 1.81. The first-order chi connectivity index (χ1) is 5.11. The van der Waals surface area contributed by atoms with Crippen LogP contribution in [0.3, 0.4) is 0 Å². The first-order valence-corrected chi connectivity index (χ1v) is 3.53. The normalized spacial score (nSPS) is 29.7. The Labute approximate surface area is 63.2 Å². The van der Waals surface area contributed by atoms with E-state index in [4.69, 9.17) is 5.73 Å². The monoisotopic (exact) mass is 168 g/mol. The lowest BCUT2D eigenvalue weighted by molar-refractivity contribution is -0.0387. The highest BCUT2D eigenvalue weighted by atomic mass is 19.3. The Morgan fingerprint density at radius 2 is 2.00 bits per heavy atom. The van der Waals surface area contributed by atoms with E-state index in [2.05, 4.69) is 0 Å². The van der Waals surface area contributed by atoms with Gasteiger partial charge >= 0.3 is 0 Å². The maximum Gasteiger partial charge on any atom is 0.282 e. The minimum Gasteiger partial charge on any atom is -0.326 e. The van der Waals surface area contributed by atoms with Crippen LogP contribution < -0.4 is 5.73 Å². The van der Waals surface area contributed by atoms with Crippen molar-refractivity contribution in [1.29, 1.82) is 0 Å². The summed E-state index contributed by atoms with van der Waals surface area (Å²) in [5.41, 5.74) is 5.41. The van der Waals surface area contributed by atoms with Crippen molar-refractivity contribution in [3.8, 4) is 0 Å². The standard InChI is InChI=1S/C6H11F3N2/c7-5(8)6(9)11-2-1-4(10)3-11/h4-6H,1-3,10H2. The van der Waals surface area contributed by atoms with Gasteiger partial charge < -0.3 is 5.73 Å². The van der Waals surface area contributed by atoms with Crippen molar-refractivity contribution in [2.75, 3.05) is 13.1 Å². The molecule has 1 aliphatic heterocycles. The number of halogens is 3. The van der Waals surface area contributed by atoms with Gasteiger partial charge in [-0.1, -0.05) is 0 Å². The van der Waals surface area contributed by atoms with Gasteiger partial charge in [-0.25, -0.2) is 13.2 Å². The Morgan fingerprint density at radius 1 is 1.36 bits per heavy atom. The van der Waals surface area contributed by atoms with Crippen molar-refractivity contribution in [2.24, 2.45) is 5.73 Å². The molecule has 66 valence electrons. The van der Waals surface area contributed by atoms with Crippen LogP contribution >= 0.6 is 0 Å². The van der Waals surface area contributed by atoms with Crippen LogP contribution in [0, 0.1) is 0 Å². The number of likely N-dealkylation sites (tertiary alicyclic amines) is 1. The number of rotatable bonds is 2. The van der Waals surface area contributed by atoms with Crippen molar-refractivity contribution in [2.45, 2.75) is 25.2 Å². The van der Waals surface area contributed by atoms with E-state index >= 15 is 0 Å². The lowest BCUT2D eigenvalue weighted by atomic mass is 10.3. The van der Waals surface area contributed by atoms with Gasteiger partial charge in [0.15, 0.2) is 0 Å². The SMILES string of the molecule is NC1CCN(C(F)C(F)F)C1. The van der Waals surface area contributed by atoms with E-state index in [1.165, 1.54) is 0 Å². The molecule has 1 saturated heterocycles. The summed E-state index contributed by atoms with van der Waals surface area (Å²) < 4.78 is 36.0. The average Bonchev–Trinajstić information content (AvgIpc) is 2.34. The molecule has 0 radical (unpaired) electrons. The third kappa shape index (κ3) is 2.07. The van der Waals surface area contributed by atoms with Crippen LogP contribution in [-0.2, 0) is 0 Å². The lowest BCUT2D eigenvalue weighted by Gasteiger charge is -2.18. The zero-order valence-corrected chi connectivity index (χ0v) is 6.01. The van der Waals surface area contributed by atoms with E-state index in [0.717, 1.165) is 4.90 Å². The summed E-state index contributed by atoms with van der Waals surface area (Å²) >= 11 is 0. The van der Waals surface area contributed by atoms with Gasteiger partial charge in [-0.05, 0) is 6.42 Å². The quantitative estimate of drug-likeness (QED) is 0.611. The minimum absolute atomic E-state index is 0.146. The second-order valence-corrected chi connectivity index (χ2v) is 2.75. The molecule has 0 bridgehead atoms. The fourth-order valence-electron chi connectivity index (χ4n) is 1.20. The smallest absolute Gasteiger partial charge is 0.282 e. The predicted octanol–water partition coefficient (Wildman–Crippen LogP) is 0.580. The van der Waals surface area contributed by atoms with E-state index in [1.807, 2.05) is 0 Å². The number of nitrogens with two attached hydrogens (primary N) is 1. The molecule has 11 heavy (non-hydrogen) atoms. The maximum atomic E-state index is 12.5. The summed E-state index contributed by atoms with van der Waals surface area (Å²) in [5.74, 6) is 0. The molecule has 1 rings (SSSR count). The van der Waals surface area contributed by atoms with Crippen molar-refractivity contribution < 1.29 is 13.2 Å². The highest BCUT2D eigenvalue weighted by Crippen LogP contribution is 2.16. The first kappa shape index (κ1) is 8.80. The van der Waals surface area contributed by atoms with Crippen molar-refractivity contribution in [3.63, 3.8) is 0 Å². The van der Waals surface area contributed by atoms with Gasteiger partial charge in [0.25, 0.3) is 6.43 Å². The molecule has 0 spiro atoms. The van der Waals surface area contributed by atoms with Gasteiger partial charge in [0, 0.05) is 19.1 Å². The molecule has 2 N–H and O–H groups in total. The van der Waals surface area contributed by atoms with E-state index in [1.54, 1.807) is 0 Å². The zero-order chi connectivity index (χ0) is 8.43. The van der Waals surface area contributed by atoms with Crippen LogP contribution in [0.25, 0.3) is 0 Å². The van der Waals surface area contributed by atoms with Crippen molar-refractivity contribution in [1.82, 2.24) is 4.90 Å². The molecular weight excluding hydrogens is 157 g/mol. The van der Waals surface area contributed by atoms with Crippen LogP contribution in [0.5, 0.6) is 0 Å². The molecule has 0 aromatic heterocycles. The summed E-state index contributed by atoms with van der Waals surface area (Å²) in [4.78, 5) is 1.08. The van der Waals surface area contributed by atoms with E-state index in [9.17, 15) is 13.2 Å². The second-order valence-electron chi connectivity index (χ2n) is 2.75. The molecule has 2 atom stereocenters. The van der Waals surface area contributed by atoms with Gasteiger partial charge in [0.1, 0.15) is 0 Å². The molecule has 1 aliphatic rings. The zero-order valence-electron chi connectivity index (χ0n) is 6.01. The van der Waals surface area contributed by atoms with E-state index < -0.39 is 12.7 Å². The molecule has 1 fully saturated rings. The van der Waals surface area contributed by atoms with Gasteiger partial charge in [-0.2, -0.15) is 0 Å². The summed E-state index contributed by atoms with van der Waals surface area (Å²) in [6, 6.07) is -0.146. The van der Waals surface area contributed by atoms with E-state index in [0.29, 0.717) is 13.0 Å². The summed E-state index contributed by atoms with van der Waals surface area (Å²) in [7, 11) is 0. The predicted molar refractivity (Wildman–Crippen MR) is 35.1 cm³/mol. The number of alkyl halides is 3. The molecule has 5 heteroatoms. The fraction of sp³-hybridized carbons (Fsp3) is 1.00. The van der Waals surface area contributed by atoms with Crippen LogP contribution in [0.15, 0.2) is 0 Å². The molecule has 0 aromatic rings. The minimum atomic E-state index is -2.92. The van der Waals surface area contributed by atoms with Crippen LogP contribution in [0.4, 0.5) is 13.2 Å². The van der Waals surface area contributed by atoms with E-state index in [-0.39, 0.29) is 12.6 Å². The Bertz CT molecular complexity index is 131. The van der Waals surface area contributed by atoms with Crippen LogP contribution in [-0.4, -0.2) is 36.8 Å². The van der Waals surface area contributed by atoms with Crippen molar-refractivity contribution in [3.05, 3.63) is 0 Å². The second kappa shape index (κ2) is 3.40. The molecule has 2 nitrogen and oxygen atoms in total. The largest absolute Gasteiger partial charge is 0.326 e. The molecule has 1 heterocycles. The highest BCUT2D eigenvalue weighted by Gasteiger charge is 2.31. The van der Waals surface area contributed by atoms with Gasteiger partial charge in [0.05, 0.1) is 0 Å². The lowest BCUT2D eigenvalue weighted by Crippen LogP contribution is -2.37. The first-order valence-electron chi connectivity index (χ1n) is 3.53. The summed E-state index contributed by atoms with van der Waals surface area (Å²) in [6.07, 6.45) is -4.45. The number of hydrogen-bond acceptors (Lipinski definition) is 2. The Hall–Kier alpha value is -0.290. The highest BCUT2D eigenvalue weighted by molar-refractivity contribution is 4.80. The molecule has 0 aliphatic carbocycles. The maximum absolute atomic E-state index is 12.5. The summed E-state index contributed by atoms with van der Waals surface area (Å²) in [6.45, 7) is 0.582. The van der Waals surface area contributed by atoms with Gasteiger partial charge in [-0.15, -0.1) is 0 Å². The van der Waals surface area contributed by atoms with Gasteiger partial charge in [-0.3, -0.25) is 4.90 Å². The Balaban J connectivity index is 2.36. The number of nitrogens with zero attached hydrogens (tertiary/aromatic N) is 1. The number of hydrogen-bond donors (Lipinski definition) is 1. The van der Waals surface area contributed by atoms with Crippen molar-refractivity contribution >= 4 is 0 Å². The van der Waals surface area contributed by atoms with Gasteiger partial charge in [0.2, 0.25) is 6.30 Å².